The molecule has 2 aromatic rings. The van der Waals surface area contributed by atoms with Crippen LogP contribution in [0.25, 0.3) is 0 Å². The highest BCUT2D eigenvalue weighted by molar-refractivity contribution is 9.10. The monoisotopic (exact) mass is 372 g/mol. The first kappa shape index (κ1) is 15.2. The van der Waals surface area contributed by atoms with Crippen LogP contribution < -0.4 is 11.1 Å². The molecule has 0 atom stereocenters. The summed E-state index contributed by atoms with van der Waals surface area (Å²) in [5.41, 5.74) is 7.82. The number of rotatable bonds is 2. The van der Waals surface area contributed by atoms with Crippen LogP contribution in [0.1, 0.15) is 15.9 Å². The molecule has 1 amide bonds. The first-order chi connectivity index (χ1) is 9.40. The largest absolute Gasteiger partial charge is 0.398 e. The molecule has 2 rings (SSSR count). The van der Waals surface area contributed by atoms with Crippen molar-refractivity contribution < 1.29 is 4.79 Å². The molecule has 0 aliphatic carbocycles. The smallest absolute Gasteiger partial charge is 0.258 e. The van der Waals surface area contributed by atoms with Gasteiger partial charge in [-0.1, -0.05) is 51.3 Å². The fourth-order valence-electron chi connectivity index (χ4n) is 1.84. The van der Waals surface area contributed by atoms with Crippen molar-refractivity contribution in [2.45, 2.75) is 6.92 Å². The van der Waals surface area contributed by atoms with E-state index in [4.69, 9.17) is 28.9 Å². The third-order valence-electron chi connectivity index (χ3n) is 2.78. The lowest BCUT2D eigenvalue weighted by Gasteiger charge is -2.12. The first-order valence-electron chi connectivity index (χ1n) is 5.71. The van der Waals surface area contributed by atoms with E-state index in [1.165, 1.54) is 0 Å². The molecule has 0 saturated heterocycles. The third-order valence-corrected chi connectivity index (χ3v) is 3.83. The van der Waals surface area contributed by atoms with Gasteiger partial charge in [0.25, 0.3) is 5.91 Å². The average Bonchev–Trinajstić information content (AvgIpc) is 2.33. The van der Waals surface area contributed by atoms with Gasteiger partial charge >= 0.3 is 0 Å². The second kappa shape index (κ2) is 6.04. The summed E-state index contributed by atoms with van der Waals surface area (Å²) in [6.07, 6.45) is 0. The SMILES string of the molecule is Cc1cccc(N)c1C(=O)Nc1c(Cl)cc(Br)cc1Cl. The number of aryl methyl sites for hydroxylation is 1. The minimum Gasteiger partial charge on any atom is -0.398 e. The number of benzene rings is 2. The summed E-state index contributed by atoms with van der Waals surface area (Å²) in [4.78, 5) is 12.3. The van der Waals surface area contributed by atoms with E-state index in [2.05, 4.69) is 21.2 Å². The Hall–Kier alpha value is -1.23. The molecule has 20 heavy (non-hydrogen) atoms. The van der Waals surface area contributed by atoms with E-state index in [0.29, 0.717) is 27.0 Å². The van der Waals surface area contributed by atoms with E-state index in [1.807, 2.05) is 13.0 Å². The molecule has 3 N–H and O–H groups in total. The van der Waals surface area contributed by atoms with Crippen molar-refractivity contribution >= 4 is 56.4 Å². The van der Waals surface area contributed by atoms with Gasteiger partial charge in [0, 0.05) is 10.2 Å². The standard InChI is InChI=1S/C14H11BrCl2N2O/c1-7-3-2-4-11(18)12(7)14(20)19-13-9(16)5-8(15)6-10(13)17/h2-6H,18H2,1H3,(H,19,20). The number of hydrogen-bond acceptors (Lipinski definition) is 2. The number of nitrogen functional groups attached to an aromatic ring is 1. The number of nitrogens with one attached hydrogen (secondary N) is 1. The van der Waals surface area contributed by atoms with Crippen LogP contribution in [-0.4, -0.2) is 5.91 Å². The predicted octanol–water partition coefficient (Wildman–Crippen LogP) is 4.90. The van der Waals surface area contributed by atoms with Crippen molar-refractivity contribution in [2.75, 3.05) is 11.1 Å². The van der Waals surface area contributed by atoms with Crippen molar-refractivity contribution in [1.82, 2.24) is 0 Å². The van der Waals surface area contributed by atoms with E-state index < -0.39 is 0 Å². The van der Waals surface area contributed by atoms with Gasteiger partial charge in [0.2, 0.25) is 0 Å². The van der Waals surface area contributed by atoms with Crippen LogP contribution in [0.2, 0.25) is 10.0 Å². The van der Waals surface area contributed by atoms with Crippen molar-refractivity contribution in [3.8, 4) is 0 Å². The molecule has 0 spiro atoms. The van der Waals surface area contributed by atoms with Gasteiger partial charge in [-0.3, -0.25) is 4.79 Å². The lowest BCUT2D eigenvalue weighted by atomic mass is 10.1. The van der Waals surface area contributed by atoms with Crippen molar-refractivity contribution in [3.05, 3.63) is 56.0 Å². The maximum absolute atomic E-state index is 12.3. The molecule has 6 heteroatoms. The van der Waals surface area contributed by atoms with Crippen LogP contribution in [-0.2, 0) is 0 Å². The molecule has 0 aromatic heterocycles. The predicted molar refractivity (Wildman–Crippen MR) is 87.7 cm³/mol. The quantitative estimate of drug-likeness (QED) is 0.735. The van der Waals surface area contributed by atoms with Gasteiger partial charge in [-0.05, 0) is 30.7 Å². The number of halogens is 3. The molecular formula is C14H11BrCl2N2O. The van der Waals surface area contributed by atoms with Crippen LogP contribution in [0.3, 0.4) is 0 Å². The molecule has 0 saturated carbocycles. The highest BCUT2D eigenvalue weighted by Crippen LogP contribution is 2.34. The molecule has 0 radical (unpaired) electrons. The average molecular weight is 374 g/mol. The zero-order valence-electron chi connectivity index (χ0n) is 10.5. The number of carbonyl (C=O) groups excluding carboxylic acids is 1. The van der Waals surface area contributed by atoms with Crippen molar-refractivity contribution in [3.63, 3.8) is 0 Å². The lowest BCUT2D eigenvalue weighted by molar-refractivity contribution is 0.102. The zero-order chi connectivity index (χ0) is 14.9. The normalized spacial score (nSPS) is 10.4. The molecule has 0 unspecified atom stereocenters. The molecule has 3 nitrogen and oxygen atoms in total. The van der Waals surface area contributed by atoms with Crippen molar-refractivity contribution in [1.29, 1.82) is 0 Å². The minimum absolute atomic E-state index is 0.341. The molecule has 0 aliphatic rings. The lowest BCUT2D eigenvalue weighted by Crippen LogP contribution is -2.16. The fourth-order valence-corrected chi connectivity index (χ4v) is 3.14. The van der Waals surface area contributed by atoms with Crippen LogP contribution in [0, 0.1) is 6.92 Å². The summed E-state index contributed by atoms with van der Waals surface area (Å²) in [5.74, 6) is -0.341. The number of anilines is 2. The molecule has 0 aliphatic heterocycles. The maximum atomic E-state index is 12.3. The highest BCUT2D eigenvalue weighted by Gasteiger charge is 2.16. The molecule has 0 fully saturated rings. The van der Waals surface area contributed by atoms with E-state index >= 15 is 0 Å². The fraction of sp³-hybridized carbons (Fsp3) is 0.0714. The molecule has 104 valence electrons. The number of carbonyl (C=O) groups is 1. The van der Waals surface area contributed by atoms with Crippen LogP contribution in [0.4, 0.5) is 11.4 Å². The summed E-state index contributed by atoms with van der Waals surface area (Å²) in [5, 5.41) is 3.40. The van der Waals surface area contributed by atoms with Gasteiger partial charge in [-0.2, -0.15) is 0 Å². The summed E-state index contributed by atoms with van der Waals surface area (Å²) in [6.45, 7) is 1.82. The Morgan fingerprint density at radius 1 is 1.25 bits per heavy atom. The molecule has 0 heterocycles. The number of hydrogen-bond donors (Lipinski definition) is 2. The van der Waals surface area contributed by atoms with Crippen LogP contribution in [0.15, 0.2) is 34.8 Å². The maximum Gasteiger partial charge on any atom is 0.258 e. The van der Waals surface area contributed by atoms with Crippen LogP contribution >= 0.6 is 39.1 Å². The van der Waals surface area contributed by atoms with Gasteiger partial charge in [0.1, 0.15) is 0 Å². The molecular weight excluding hydrogens is 363 g/mol. The third kappa shape index (κ3) is 3.08. The van der Waals surface area contributed by atoms with E-state index in [-0.39, 0.29) is 5.91 Å². The van der Waals surface area contributed by atoms with Gasteiger partial charge < -0.3 is 11.1 Å². The second-order valence-corrected chi connectivity index (χ2v) is 5.97. The van der Waals surface area contributed by atoms with Gasteiger partial charge in [-0.15, -0.1) is 0 Å². The topological polar surface area (TPSA) is 55.1 Å². The number of nitrogens with two attached hydrogens (primary N) is 1. The molecule has 0 bridgehead atoms. The van der Waals surface area contributed by atoms with Gasteiger partial charge in [0.15, 0.2) is 0 Å². The Morgan fingerprint density at radius 2 is 1.85 bits per heavy atom. The summed E-state index contributed by atoms with van der Waals surface area (Å²) in [6, 6.07) is 8.60. The molecule has 2 aromatic carbocycles. The van der Waals surface area contributed by atoms with Crippen LogP contribution in [0.5, 0.6) is 0 Å². The Morgan fingerprint density at radius 3 is 2.40 bits per heavy atom. The van der Waals surface area contributed by atoms with Gasteiger partial charge in [-0.25, -0.2) is 0 Å². The first-order valence-corrected chi connectivity index (χ1v) is 7.26. The zero-order valence-corrected chi connectivity index (χ0v) is 13.6. The summed E-state index contributed by atoms with van der Waals surface area (Å²) < 4.78 is 0.737. The van der Waals surface area contributed by atoms with E-state index in [0.717, 1.165) is 10.0 Å². The Bertz CT molecular complexity index is 646. The Labute approximate surface area is 135 Å². The van der Waals surface area contributed by atoms with E-state index in [9.17, 15) is 4.79 Å². The Kier molecular flexibility index (Phi) is 4.58. The number of amides is 1. The van der Waals surface area contributed by atoms with E-state index in [1.54, 1.807) is 24.3 Å². The summed E-state index contributed by atoms with van der Waals surface area (Å²) >= 11 is 15.5. The minimum atomic E-state index is -0.341. The van der Waals surface area contributed by atoms with Gasteiger partial charge in [0.05, 0.1) is 21.3 Å². The van der Waals surface area contributed by atoms with Crippen molar-refractivity contribution in [2.24, 2.45) is 0 Å². The second-order valence-electron chi connectivity index (χ2n) is 4.24. The Balaban J connectivity index is 2.38. The summed E-state index contributed by atoms with van der Waals surface area (Å²) in [7, 11) is 0. The highest BCUT2D eigenvalue weighted by atomic mass is 79.9.